The van der Waals surface area contributed by atoms with Gasteiger partial charge in [-0.2, -0.15) is 0 Å². The molecule has 0 radical (unpaired) electrons. The highest BCUT2D eigenvalue weighted by molar-refractivity contribution is 6.26. The smallest absolute Gasteiger partial charge is 0.338 e. The molecule has 5 aliphatic heterocycles. The molecule has 21 atom stereocenters. The molecule has 550 valence electrons. The summed E-state index contributed by atoms with van der Waals surface area (Å²) >= 11 is 6.05. The largest absolute Gasteiger partial charge is 0.463 e. The predicted molar refractivity (Wildman–Crippen MR) is 336 cm³/mol. The van der Waals surface area contributed by atoms with Crippen molar-refractivity contribution in [1.29, 1.82) is 0 Å². The molecule has 102 heavy (non-hydrogen) atoms. The second-order valence-corrected chi connectivity index (χ2v) is 23.7. The molecule has 4 aromatic rings. The zero-order chi connectivity index (χ0) is 73.3. The van der Waals surface area contributed by atoms with Crippen molar-refractivity contribution in [3.63, 3.8) is 0 Å². The Morgan fingerprint density at radius 2 is 0.696 bits per heavy atom. The minimum absolute atomic E-state index is 0.0783. The van der Waals surface area contributed by atoms with Gasteiger partial charge in [-0.05, 0) is 36.4 Å². The van der Waals surface area contributed by atoms with E-state index in [1.54, 1.807) is 48.5 Å². The third kappa shape index (κ3) is 20.2. The fourth-order valence-electron chi connectivity index (χ4n) is 11.7. The van der Waals surface area contributed by atoms with Gasteiger partial charge in [0.25, 0.3) is 0 Å². The lowest BCUT2D eigenvalue weighted by Crippen LogP contribution is -2.70. The first-order chi connectivity index (χ1) is 48.9. The van der Waals surface area contributed by atoms with Crippen molar-refractivity contribution < 1.29 is 152 Å². The van der Waals surface area contributed by atoms with Crippen LogP contribution in [0, 0.1) is 0 Å². The van der Waals surface area contributed by atoms with Gasteiger partial charge in [-0.3, -0.25) is 38.4 Å². The molecule has 5 aliphatic rings. The first kappa shape index (κ1) is 77.1. The van der Waals surface area contributed by atoms with E-state index in [0.29, 0.717) is 5.56 Å². The summed E-state index contributed by atoms with van der Waals surface area (Å²) in [5.41, 5.74) is 0.106. The first-order valence-electron chi connectivity index (χ1n) is 32.0. The highest BCUT2D eigenvalue weighted by Crippen LogP contribution is 2.43. The van der Waals surface area contributed by atoms with Crippen LogP contribution in [0.25, 0.3) is 0 Å². The molecule has 0 amide bonds. The molecular weight excluding hydrogens is 1380 g/mol. The van der Waals surface area contributed by atoms with Crippen LogP contribution in [-0.4, -0.2) is 228 Å². The van der Waals surface area contributed by atoms with E-state index in [1.807, 2.05) is 0 Å². The van der Waals surface area contributed by atoms with Crippen LogP contribution in [0.3, 0.4) is 0 Å². The Kier molecular flexibility index (Phi) is 27.4. The van der Waals surface area contributed by atoms with Gasteiger partial charge in [-0.25, -0.2) is 14.4 Å². The monoisotopic (exact) mass is 1450 g/mol. The molecule has 5 heterocycles. The molecule has 33 heteroatoms. The number of alkyl halides is 1. The van der Waals surface area contributed by atoms with E-state index in [2.05, 4.69) is 0 Å². The van der Waals surface area contributed by atoms with E-state index in [1.165, 1.54) is 79.9 Å². The Bertz CT molecular complexity index is 3550. The van der Waals surface area contributed by atoms with Crippen molar-refractivity contribution in [3.8, 4) is 0 Å². The fraction of sp³-hybridized carbons (Fsp3) is 0.493. The molecule has 0 N–H and O–H groups in total. The summed E-state index contributed by atoms with van der Waals surface area (Å²) in [6.45, 7) is 4.50. The average molecular weight is 1450 g/mol. The van der Waals surface area contributed by atoms with Crippen molar-refractivity contribution >= 4 is 77.3 Å². The Hall–Kier alpha value is -9.06. The first-order valence-corrected chi connectivity index (χ1v) is 32.5. The fourth-order valence-corrected chi connectivity index (χ4v) is 11.8. The van der Waals surface area contributed by atoms with Gasteiger partial charge in [0.15, 0.2) is 80.3 Å². The van der Waals surface area contributed by atoms with Gasteiger partial charge < -0.3 is 99.5 Å². The quantitative estimate of drug-likeness (QED) is 0.0486. The minimum Gasteiger partial charge on any atom is -0.463 e. The SMILES string of the molecule is CO[C@@H]1O[C@H](COC(C)=O)[C@@H](OC(C)=O)[C@H](O[C@@H]2O[C@@H]3CO[C@@H](c4ccccc4)O[C@H]3[C@H](O[C@@H]3O[C@H](COC(C)=O)[C@@H](OC(C)=O)[C@H](O[C@@H]4O[C@H](COC(C)=O)[C@@H](OC(C)=O)[C@H](OC(=O)CCl)[C@H]4OC(=O)c4ccccc4)[C@H]3OC(=O)c3ccccc3)[C@H]2OC(=O)c2ccccc2)[C@H]1OC(C)=O. The van der Waals surface area contributed by atoms with Crippen molar-refractivity contribution in [1.82, 2.24) is 0 Å². The number of methoxy groups -OCH3 is 1. The normalized spacial score (nSPS) is 30.4. The maximum atomic E-state index is 15.1. The maximum absolute atomic E-state index is 15.1. The third-order valence-electron chi connectivity index (χ3n) is 15.9. The van der Waals surface area contributed by atoms with Gasteiger partial charge >= 0.3 is 65.7 Å². The molecule has 0 bridgehead atoms. The number of benzene rings is 4. The van der Waals surface area contributed by atoms with Gasteiger partial charge in [0, 0.05) is 61.1 Å². The Morgan fingerprint density at radius 1 is 0.363 bits per heavy atom. The second kappa shape index (κ2) is 36.2. The Morgan fingerprint density at radius 3 is 1.08 bits per heavy atom. The Balaban J connectivity index is 1.27. The number of hydrogen-bond acceptors (Lipinski definition) is 32. The predicted octanol–water partition coefficient (Wildman–Crippen LogP) is 4.05. The maximum Gasteiger partial charge on any atom is 0.338 e. The third-order valence-corrected chi connectivity index (χ3v) is 16.1. The molecular formula is C69H75ClO32. The summed E-state index contributed by atoms with van der Waals surface area (Å²) in [4.78, 5) is 149. The summed E-state index contributed by atoms with van der Waals surface area (Å²) in [7, 11) is 1.18. The van der Waals surface area contributed by atoms with Crippen LogP contribution >= 0.6 is 11.6 Å². The minimum atomic E-state index is -2.26. The van der Waals surface area contributed by atoms with Crippen LogP contribution < -0.4 is 0 Å². The van der Waals surface area contributed by atoms with Gasteiger partial charge in [0.1, 0.15) is 74.5 Å². The second-order valence-electron chi connectivity index (χ2n) is 23.4. The number of halogens is 1. The van der Waals surface area contributed by atoms with E-state index in [9.17, 15) is 43.2 Å². The van der Waals surface area contributed by atoms with E-state index in [0.717, 1.165) is 48.5 Å². The number of esters is 11. The number of carbonyl (C=O) groups is 11. The molecule has 0 aliphatic carbocycles. The molecule has 5 fully saturated rings. The number of ether oxygens (including phenoxy) is 21. The average Bonchev–Trinajstić information content (AvgIpc) is 0.751. The lowest BCUT2D eigenvalue weighted by atomic mass is 9.94. The molecule has 0 spiro atoms. The molecule has 0 unspecified atom stereocenters. The lowest BCUT2D eigenvalue weighted by Gasteiger charge is -2.52. The van der Waals surface area contributed by atoms with E-state index in [-0.39, 0.29) is 16.7 Å². The van der Waals surface area contributed by atoms with Crippen molar-refractivity contribution in [2.45, 2.75) is 178 Å². The summed E-state index contributed by atoms with van der Waals surface area (Å²) in [6.07, 6.45) is -39.1. The van der Waals surface area contributed by atoms with Gasteiger partial charge in [0.05, 0.1) is 23.3 Å². The molecule has 0 saturated carbocycles. The number of carbonyl (C=O) groups excluding carboxylic acids is 11. The Labute approximate surface area is 587 Å². The van der Waals surface area contributed by atoms with Crippen LogP contribution in [0.15, 0.2) is 121 Å². The highest BCUT2D eigenvalue weighted by Gasteiger charge is 2.63. The summed E-state index contributed by atoms with van der Waals surface area (Å²) in [6, 6.07) is 30.5. The molecule has 0 aromatic heterocycles. The lowest BCUT2D eigenvalue weighted by molar-refractivity contribution is -0.409. The summed E-state index contributed by atoms with van der Waals surface area (Å²) < 4.78 is 131. The summed E-state index contributed by atoms with van der Waals surface area (Å²) in [5.74, 6) is -12.0. The zero-order valence-electron chi connectivity index (χ0n) is 56.1. The summed E-state index contributed by atoms with van der Waals surface area (Å²) in [5, 5.41) is 0. The van der Waals surface area contributed by atoms with Crippen LogP contribution in [0.2, 0.25) is 0 Å². The molecule has 32 nitrogen and oxygen atoms in total. The topological polar surface area (TPSA) is 382 Å². The highest BCUT2D eigenvalue weighted by atomic mass is 35.5. The van der Waals surface area contributed by atoms with Crippen molar-refractivity contribution in [3.05, 3.63) is 144 Å². The van der Waals surface area contributed by atoms with Crippen molar-refractivity contribution in [2.75, 3.05) is 39.4 Å². The van der Waals surface area contributed by atoms with Gasteiger partial charge in [-0.15, -0.1) is 11.6 Å². The zero-order valence-corrected chi connectivity index (χ0v) is 56.9. The van der Waals surface area contributed by atoms with Crippen LogP contribution in [0.5, 0.6) is 0 Å². The van der Waals surface area contributed by atoms with Gasteiger partial charge in [0.2, 0.25) is 0 Å². The van der Waals surface area contributed by atoms with Crippen molar-refractivity contribution in [2.24, 2.45) is 0 Å². The van der Waals surface area contributed by atoms with E-state index >= 15 is 9.59 Å². The van der Waals surface area contributed by atoms with Crippen LogP contribution in [-0.2, 0) is 138 Å². The van der Waals surface area contributed by atoms with E-state index in [4.69, 9.17) is 111 Å². The molecule has 9 rings (SSSR count). The standard InChI is InChI=1S/C69H75ClO32/c1-34(71)83-30-45-51(88-38(5)75)55(58(90-40(7)77)66(82-8)91-45)100-69-61(98-64(81)43-25-17-11-18-26-43)57(53-48(94-69)33-86-65(99-53)44-27-19-12-20-28-44)102-68-60(97-63(80)42-23-15-10-16-24-42)56(52(89-39(6)76)47(93-68)32-85-36(3)73)101-67-59(96-62(79)41-21-13-9-14-22-41)54(95-49(78)29-70)50(87-37(4)74)46(92-67)31-84-35(2)72/h9-28,45-48,50-61,65-69H,29-33H2,1-8H3/t45-,46-,47-,48-,50-,51-,52-,53-,54+,55+,56+,57+,58-,59-,60-,61-,65-,66-,67+,68+,69+/m1/s1. The number of fused-ring (bicyclic) bond motifs is 1. The van der Waals surface area contributed by atoms with Gasteiger partial charge in [-0.1, -0.05) is 84.9 Å². The van der Waals surface area contributed by atoms with Crippen LogP contribution in [0.1, 0.15) is 91.4 Å². The molecule has 4 aromatic carbocycles. The van der Waals surface area contributed by atoms with E-state index < -0.39 is 227 Å². The van der Waals surface area contributed by atoms with Crippen LogP contribution in [0.4, 0.5) is 0 Å². The number of rotatable bonds is 26. The number of hydrogen-bond donors (Lipinski definition) is 0. The molecule has 5 saturated heterocycles.